The molecule has 2 aliphatic heterocycles. The van der Waals surface area contributed by atoms with Crippen LogP contribution in [0.3, 0.4) is 0 Å². The minimum Gasteiger partial charge on any atom is -0.338 e. The number of amides is 2. The Morgan fingerprint density at radius 3 is 2.24 bits per heavy atom. The summed E-state index contributed by atoms with van der Waals surface area (Å²) in [7, 11) is 0. The molecule has 2 aromatic carbocycles. The first-order valence-electron chi connectivity index (χ1n) is 11.4. The molecule has 176 valence electrons. The van der Waals surface area contributed by atoms with Crippen LogP contribution in [-0.2, 0) is 4.79 Å². The minimum absolute atomic E-state index is 0.0337. The third kappa shape index (κ3) is 4.90. The molecule has 0 saturated carbocycles. The van der Waals surface area contributed by atoms with Crippen LogP contribution < -0.4 is 4.90 Å². The number of nitrogens with zero attached hydrogens (tertiary/aromatic N) is 3. The molecule has 2 heterocycles. The van der Waals surface area contributed by atoms with E-state index in [-0.39, 0.29) is 23.1 Å². The third-order valence-electron chi connectivity index (χ3n) is 6.61. The van der Waals surface area contributed by atoms with E-state index in [0.29, 0.717) is 32.5 Å². The monoisotopic (exact) mass is 459 g/mol. The Hall–Kier alpha value is -2.87. The average Bonchev–Trinajstić information content (AvgIpc) is 3.34. The van der Waals surface area contributed by atoms with E-state index in [1.54, 1.807) is 0 Å². The predicted octanol–water partition coefficient (Wildman–Crippen LogP) is 4.15. The van der Waals surface area contributed by atoms with Crippen molar-refractivity contribution < 1.29 is 22.8 Å². The summed E-state index contributed by atoms with van der Waals surface area (Å²) in [5.41, 5.74) is 0.451. The van der Waals surface area contributed by atoms with Crippen molar-refractivity contribution >= 4 is 17.5 Å². The fourth-order valence-electron chi connectivity index (χ4n) is 4.76. The molecule has 4 rings (SSSR count). The number of halogens is 3. The topological polar surface area (TPSA) is 43.9 Å². The summed E-state index contributed by atoms with van der Waals surface area (Å²) in [4.78, 5) is 31.7. The van der Waals surface area contributed by atoms with E-state index in [1.165, 1.54) is 11.8 Å². The number of benzene rings is 2. The SMILES string of the molecule is Cc1c(C(=O)N2CCC(N(C(=O)CN3CCCC3)c3ccccc3)CC2)cc(F)c(F)c1F. The second kappa shape index (κ2) is 9.95. The van der Waals surface area contributed by atoms with E-state index >= 15 is 0 Å². The molecule has 0 N–H and O–H groups in total. The summed E-state index contributed by atoms with van der Waals surface area (Å²) >= 11 is 0. The molecule has 2 aromatic rings. The lowest BCUT2D eigenvalue weighted by atomic mass is 9.99. The van der Waals surface area contributed by atoms with Gasteiger partial charge in [0.1, 0.15) is 0 Å². The van der Waals surface area contributed by atoms with Gasteiger partial charge in [0.2, 0.25) is 5.91 Å². The maximum Gasteiger partial charge on any atom is 0.254 e. The van der Waals surface area contributed by atoms with Gasteiger partial charge in [0.05, 0.1) is 6.54 Å². The Balaban J connectivity index is 1.48. The Morgan fingerprint density at radius 1 is 0.970 bits per heavy atom. The van der Waals surface area contributed by atoms with Gasteiger partial charge >= 0.3 is 0 Å². The van der Waals surface area contributed by atoms with Gasteiger partial charge in [-0.25, -0.2) is 13.2 Å². The van der Waals surface area contributed by atoms with E-state index < -0.39 is 23.4 Å². The summed E-state index contributed by atoms with van der Waals surface area (Å²) in [6.45, 7) is 4.15. The van der Waals surface area contributed by atoms with E-state index in [0.717, 1.165) is 37.7 Å². The van der Waals surface area contributed by atoms with Crippen molar-refractivity contribution in [2.24, 2.45) is 0 Å². The molecule has 33 heavy (non-hydrogen) atoms. The van der Waals surface area contributed by atoms with Crippen LogP contribution in [0.2, 0.25) is 0 Å². The summed E-state index contributed by atoms with van der Waals surface area (Å²) in [6.07, 6.45) is 3.28. The number of anilines is 1. The molecule has 0 aromatic heterocycles. The number of carbonyl (C=O) groups is 2. The first kappa shape index (κ1) is 23.3. The zero-order valence-electron chi connectivity index (χ0n) is 18.7. The van der Waals surface area contributed by atoms with Gasteiger partial charge in [0.15, 0.2) is 17.5 Å². The van der Waals surface area contributed by atoms with Crippen LogP contribution in [0.15, 0.2) is 36.4 Å². The number of likely N-dealkylation sites (tertiary alicyclic amines) is 2. The molecule has 2 amide bonds. The van der Waals surface area contributed by atoms with Crippen LogP contribution in [0.4, 0.5) is 18.9 Å². The van der Waals surface area contributed by atoms with Gasteiger partial charge in [-0.05, 0) is 63.9 Å². The Labute approximate surface area is 191 Å². The average molecular weight is 460 g/mol. The van der Waals surface area contributed by atoms with E-state index in [1.807, 2.05) is 35.2 Å². The standard InChI is InChI=1S/C25H28F3N3O2/c1-17-20(15-21(26)24(28)23(17)27)25(33)30-13-9-19(10-14-30)31(18-7-3-2-4-8-18)22(32)16-29-11-5-6-12-29/h2-4,7-8,15,19H,5-6,9-14,16H2,1H3. The number of hydrogen-bond acceptors (Lipinski definition) is 3. The molecular formula is C25H28F3N3O2. The molecule has 0 unspecified atom stereocenters. The predicted molar refractivity (Wildman–Crippen MR) is 120 cm³/mol. The molecule has 0 atom stereocenters. The number of hydrogen-bond donors (Lipinski definition) is 0. The van der Waals surface area contributed by atoms with E-state index in [9.17, 15) is 22.8 Å². The second-order valence-electron chi connectivity index (χ2n) is 8.76. The molecule has 2 aliphatic rings. The minimum atomic E-state index is -1.57. The van der Waals surface area contributed by atoms with Gasteiger partial charge in [-0.1, -0.05) is 18.2 Å². The maximum absolute atomic E-state index is 14.0. The van der Waals surface area contributed by atoms with Gasteiger partial charge in [-0.15, -0.1) is 0 Å². The van der Waals surface area contributed by atoms with Crippen molar-refractivity contribution in [2.45, 2.75) is 38.6 Å². The van der Waals surface area contributed by atoms with Crippen molar-refractivity contribution in [3.05, 3.63) is 65.0 Å². The van der Waals surface area contributed by atoms with Crippen molar-refractivity contribution in [2.75, 3.05) is 37.6 Å². The Kier molecular flexibility index (Phi) is 7.02. The summed E-state index contributed by atoms with van der Waals surface area (Å²) < 4.78 is 41.2. The zero-order valence-corrected chi connectivity index (χ0v) is 18.7. The highest BCUT2D eigenvalue weighted by Gasteiger charge is 2.33. The molecule has 5 nitrogen and oxygen atoms in total. The number of piperidine rings is 1. The molecule has 0 radical (unpaired) electrons. The van der Waals surface area contributed by atoms with Gasteiger partial charge in [0, 0.05) is 35.9 Å². The van der Waals surface area contributed by atoms with Gasteiger partial charge < -0.3 is 9.80 Å². The first-order valence-corrected chi connectivity index (χ1v) is 11.4. The fourth-order valence-corrected chi connectivity index (χ4v) is 4.76. The van der Waals surface area contributed by atoms with Crippen molar-refractivity contribution in [1.29, 1.82) is 0 Å². The number of para-hydroxylation sites is 1. The zero-order chi connectivity index (χ0) is 23.5. The first-order chi connectivity index (χ1) is 15.9. The maximum atomic E-state index is 14.0. The fraction of sp³-hybridized carbons (Fsp3) is 0.440. The molecule has 2 fully saturated rings. The molecular weight excluding hydrogens is 431 g/mol. The molecule has 0 spiro atoms. The lowest BCUT2D eigenvalue weighted by molar-refractivity contribution is -0.120. The lowest BCUT2D eigenvalue weighted by Gasteiger charge is -2.39. The highest BCUT2D eigenvalue weighted by Crippen LogP contribution is 2.27. The highest BCUT2D eigenvalue weighted by atomic mass is 19.2. The van der Waals surface area contributed by atoms with Crippen LogP contribution in [-0.4, -0.2) is 60.4 Å². The summed E-state index contributed by atoms with van der Waals surface area (Å²) in [6, 6.07) is 10.2. The van der Waals surface area contributed by atoms with Crippen LogP contribution in [0, 0.1) is 24.4 Å². The highest BCUT2D eigenvalue weighted by molar-refractivity contribution is 5.97. The summed E-state index contributed by atoms with van der Waals surface area (Å²) in [5, 5.41) is 0. The smallest absolute Gasteiger partial charge is 0.254 e. The van der Waals surface area contributed by atoms with Crippen LogP contribution in [0.1, 0.15) is 41.6 Å². The third-order valence-corrected chi connectivity index (χ3v) is 6.61. The summed E-state index contributed by atoms with van der Waals surface area (Å²) in [5.74, 6) is -4.78. The quantitative estimate of drug-likeness (QED) is 0.631. The number of carbonyl (C=O) groups excluding carboxylic acids is 2. The van der Waals surface area contributed by atoms with Crippen LogP contribution in [0.5, 0.6) is 0 Å². The van der Waals surface area contributed by atoms with Crippen molar-refractivity contribution in [3.8, 4) is 0 Å². The largest absolute Gasteiger partial charge is 0.338 e. The normalized spacial score (nSPS) is 17.4. The van der Waals surface area contributed by atoms with Gasteiger partial charge in [-0.2, -0.15) is 0 Å². The van der Waals surface area contributed by atoms with E-state index in [4.69, 9.17) is 0 Å². The Morgan fingerprint density at radius 2 is 1.61 bits per heavy atom. The van der Waals surface area contributed by atoms with E-state index in [2.05, 4.69) is 4.90 Å². The molecule has 0 aliphatic carbocycles. The lowest BCUT2D eigenvalue weighted by Crippen LogP contribution is -2.51. The molecule has 2 saturated heterocycles. The van der Waals surface area contributed by atoms with Crippen molar-refractivity contribution in [1.82, 2.24) is 9.80 Å². The van der Waals surface area contributed by atoms with Gasteiger partial charge in [0.25, 0.3) is 5.91 Å². The number of rotatable bonds is 5. The van der Waals surface area contributed by atoms with Crippen molar-refractivity contribution in [3.63, 3.8) is 0 Å². The van der Waals surface area contributed by atoms with Crippen LogP contribution >= 0.6 is 0 Å². The van der Waals surface area contributed by atoms with Gasteiger partial charge in [-0.3, -0.25) is 14.5 Å². The van der Waals surface area contributed by atoms with Crippen LogP contribution in [0.25, 0.3) is 0 Å². The second-order valence-corrected chi connectivity index (χ2v) is 8.76. The molecule has 8 heteroatoms. The molecule has 0 bridgehead atoms. The Bertz CT molecular complexity index is 1020.